The van der Waals surface area contributed by atoms with Gasteiger partial charge in [0, 0.05) is 11.6 Å². The van der Waals surface area contributed by atoms with Crippen LogP contribution in [0.2, 0.25) is 0 Å². The van der Waals surface area contributed by atoms with Crippen LogP contribution in [0.1, 0.15) is 42.5 Å². The minimum absolute atomic E-state index is 0.290. The molecular formula is C16H25NO. The molecule has 0 amide bonds. The number of methoxy groups -OCH3 is 1. The smallest absolute Gasteiger partial charge is 0.124 e. The van der Waals surface area contributed by atoms with Gasteiger partial charge in [-0.15, -0.1) is 6.58 Å². The second-order valence-electron chi connectivity index (χ2n) is 4.73. The lowest BCUT2D eigenvalue weighted by molar-refractivity contribution is 0.397. The van der Waals surface area contributed by atoms with Gasteiger partial charge < -0.3 is 10.1 Å². The van der Waals surface area contributed by atoms with Gasteiger partial charge in [-0.2, -0.15) is 0 Å². The summed E-state index contributed by atoms with van der Waals surface area (Å²) in [6.45, 7) is 11.3. The Bertz CT molecular complexity index is 398. The van der Waals surface area contributed by atoms with Crippen molar-refractivity contribution in [2.24, 2.45) is 0 Å². The highest BCUT2D eigenvalue weighted by molar-refractivity contribution is 5.45. The molecule has 1 N–H and O–H groups in total. The summed E-state index contributed by atoms with van der Waals surface area (Å²) >= 11 is 0. The average Bonchev–Trinajstić information content (AvgIpc) is 2.34. The van der Waals surface area contributed by atoms with Gasteiger partial charge in [0.05, 0.1) is 7.11 Å². The molecule has 0 spiro atoms. The standard InChI is InChI=1S/C16H25NO/c1-6-8-14(17-9-7-2)16-13(4)10-12(3)11-15(16)18-5/h6,10-11,14,17H,1,7-9H2,2-5H3. The molecule has 1 unspecified atom stereocenters. The number of benzene rings is 1. The molecule has 2 heteroatoms. The predicted octanol–water partition coefficient (Wildman–Crippen LogP) is 3.93. The zero-order chi connectivity index (χ0) is 13.5. The van der Waals surface area contributed by atoms with E-state index in [0.29, 0.717) is 0 Å². The lowest BCUT2D eigenvalue weighted by Crippen LogP contribution is -2.23. The zero-order valence-corrected chi connectivity index (χ0v) is 12.0. The predicted molar refractivity (Wildman–Crippen MR) is 78.3 cm³/mol. The lowest BCUT2D eigenvalue weighted by Gasteiger charge is -2.22. The fraction of sp³-hybridized carbons (Fsp3) is 0.500. The van der Waals surface area contributed by atoms with Gasteiger partial charge in [-0.05, 0) is 50.4 Å². The Hall–Kier alpha value is -1.28. The van der Waals surface area contributed by atoms with Gasteiger partial charge in [0.25, 0.3) is 0 Å². The van der Waals surface area contributed by atoms with E-state index in [1.54, 1.807) is 7.11 Å². The van der Waals surface area contributed by atoms with Gasteiger partial charge in [0.1, 0.15) is 5.75 Å². The van der Waals surface area contributed by atoms with Crippen LogP contribution in [-0.4, -0.2) is 13.7 Å². The Labute approximate surface area is 111 Å². The van der Waals surface area contributed by atoms with E-state index >= 15 is 0 Å². The first-order valence-corrected chi connectivity index (χ1v) is 6.63. The summed E-state index contributed by atoms with van der Waals surface area (Å²) in [4.78, 5) is 0. The van der Waals surface area contributed by atoms with E-state index in [2.05, 4.69) is 44.8 Å². The zero-order valence-electron chi connectivity index (χ0n) is 12.0. The molecule has 0 aromatic heterocycles. The van der Waals surface area contributed by atoms with Crippen molar-refractivity contribution in [2.45, 2.75) is 39.7 Å². The first-order valence-electron chi connectivity index (χ1n) is 6.63. The molecule has 0 heterocycles. The second kappa shape index (κ2) is 7.22. The third kappa shape index (κ3) is 3.61. The summed E-state index contributed by atoms with van der Waals surface area (Å²) in [5.74, 6) is 0.975. The number of aryl methyl sites for hydroxylation is 2. The van der Waals surface area contributed by atoms with Crippen molar-refractivity contribution in [3.63, 3.8) is 0 Å². The van der Waals surface area contributed by atoms with Crippen LogP contribution in [0, 0.1) is 13.8 Å². The highest BCUT2D eigenvalue weighted by atomic mass is 16.5. The highest BCUT2D eigenvalue weighted by Crippen LogP contribution is 2.32. The van der Waals surface area contributed by atoms with Crippen molar-refractivity contribution < 1.29 is 4.74 Å². The Morgan fingerprint density at radius 1 is 1.39 bits per heavy atom. The average molecular weight is 247 g/mol. The summed E-state index contributed by atoms with van der Waals surface area (Å²) in [5.41, 5.74) is 3.78. The quantitative estimate of drug-likeness (QED) is 0.737. The minimum atomic E-state index is 0.290. The van der Waals surface area contributed by atoms with E-state index in [4.69, 9.17) is 4.74 Å². The molecule has 0 aliphatic carbocycles. The molecule has 0 saturated carbocycles. The molecule has 18 heavy (non-hydrogen) atoms. The molecular weight excluding hydrogens is 222 g/mol. The molecule has 0 aliphatic heterocycles. The molecule has 1 aromatic rings. The third-order valence-corrected chi connectivity index (χ3v) is 3.10. The summed E-state index contributed by atoms with van der Waals surface area (Å²) < 4.78 is 5.54. The van der Waals surface area contributed by atoms with Crippen molar-refractivity contribution >= 4 is 0 Å². The van der Waals surface area contributed by atoms with E-state index in [0.717, 1.165) is 25.1 Å². The maximum atomic E-state index is 5.54. The molecule has 1 aromatic carbocycles. The van der Waals surface area contributed by atoms with Crippen LogP contribution in [0.5, 0.6) is 5.75 Å². The van der Waals surface area contributed by atoms with Crippen LogP contribution in [0.4, 0.5) is 0 Å². The molecule has 1 rings (SSSR count). The normalized spacial score (nSPS) is 12.2. The van der Waals surface area contributed by atoms with E-state index < -0.39 is 0 Å². The van der Waals surface area contributed by atoms with E-state index in [9.17, 15) is 0 Å². The third-order valence-electron chi connectivity index (χ3n) is 3.10. The van der Waals surface area contributed by atoms with Gasteiger partial charge in [-0.1, -0.05) is 19.1 Å². The first kappa shape index (κ1) is 14.8. The first-order chi connectivity index (χ1) is 8.63. The lowest BCUT2D eigenvalue weighted by atomic mass is 9.95. The topological polar surface area (TPSA) is 21.3 Å². The van der Waals surface area contributed by atoms with Crippen LogP contribution in [-0.2, 0) is 0 Å². The maximum absolute atomic E-state index is 5.54. The number of rotatable bonds is 7. The monoisotopic (exact) mass is 247 g/mol. The van der Waals surface area contributed by atoms with Gasteiger partial charge >= 0.3 is 0 Å². The number of hydrogen-bond acceptors (Lipinski definition) is 2. The Morgan fingerprint density at radius 2 is 2.11 bits per heavy atom. The van der Waals surface area contributed by atoms with E-state index in [1.807, 2.05) is 6.08 Å². The van der Waals surface area contributed by atoms with Crippen molar-refractivity contribution in [3.8, 4) is 5.75 Å². The van der Waals surface area contributed by atoms with Crippen LogP contribution < -0.4 is 10.1 Å². The van der Waals surface area contributed by atoms with Crippen LogP contribution in [0.3, 0.4) is 0 Å². The second-order valence-corrected chi connectivity index (χ2v) is 4.73. The summed E-state index contributed by atoms with van der Waals surface area (Å²) in [5, 5.41) is 3.57. The fourth-order valence-electron chi connectivity index (χ4n) is 2.34. The Kier molecular flexibility index (Phi) is 5.93. The van der Waals surface area contributed by atoms with E-state index in [-0.39, 0.29) is 6.04 Å². The van der Waals surface area contributed by atoms with Gasteiger partial charge in [0.2, 0.25) is 0 Å². The summed E-state index contributed by atoms with van der Waals surface area (Å²) in [6, 6.07) is 4.60. The van der Waals surface area contributed by atoms with Crippen molar-refractivity contribution in [1.82, 2.24) is 5.32 Å². The van der Waals surface area contributed by atoms with Crippen LogP contribution in [0.15, 0.2) is 24.8 Å². The SMILES string of the molecule is C=CCC(NCCC)c1c(C)cc(C)cc1OC. The van der Waals surface area contributed by atoms with Crippen molar-refractivity contribution in [1.29, 1.82) is 0 Å². The van der Waals surface area contributed by atoms with Crippen LogP contribution >= 0.6 is 0 Å². The highest BCUT2D eigenvalue weighted by Gasteiger charge is 2.17. The number of nitrogens with one attached hydrogen (secondary N) is 1. The molecule has 0 bridgehead atoms. The van der Waals surface area contributed by atoms with Gasteiger partial charge in [0.15, 0.2) is 0 Å². The largest absolute Gasteiger partial charge is 0.496 e. The Balaban J connectivity index is 3.12. The molecule has 100 valence electrons. The fourth-order valence-corrected chi connectivity index (χ4v) is 2.34. The van der Waals surface area contributed by atoms with E-state index in [1.165, 1.54) is 16.7 Å². The number of hydrogen-bond donors (Lipinski definition) is 1. The molecule has 0 saturated heterocycles. The van der Waals surface area contributed by atoms with Crippen molar-refractivity contribution in [2.75, 3.05) is 13.7 Å². The molecule has 0 fully saturated rings. The molecule has 0 aliphatic rings. The maximum Gasteiger partial charge on any atom is 0.124 e. The van der Waals surface area contributed by atoms with Crippen LogP contribution in [0.25, 0.3) is 0 Å². The molecule has 2 nitrogen and oxygen atoms in total. The van der Waals surface area contributed by atoms with Gasteiger partial charge in [-0.25, -0.2) is 0 Å². The molecule has 0 radical (unpaired) electrons. The Morgan fingerprint density at radius 3 is 2.67 bits per heavy atom. The molecule has 1 atom stereocenters. The summed E-state index contributed by atoms with van der Waals surface area (Å²) in [7, 11) is 1.74. The summed E-state index contributed by atoms with van der Waals surface area (Å²) in [6.07, 6.45) is 4.01. The number of ether oxygens (including phenoxy) is 1. The minimum Gasteiger partial charge on any atom is -0.496 e. The van der Waals surface area contributed by atoms with Gasteiger partial charge in [-0.3, -0.25) is 0 Å². The van der Waals surface area contributed by atoms with Crippen molar-refractivity contribution in [3.05, 3.63) is 41.5 Å².